The van der Waals surface area contributed by atoms with E-state index in [1.165, 1.54) is 0 Å². The maximum absolute atomic E-state index is 12.8. The Morgan fingerprint density at radius 3 is 2.62 bits per heavy atom. The topological polar surface area (TPSA) is 57.6 Å². The lowest BCUT2D eigenvalue weighted by Crippen LogP contribution is -2.36. The summed E-state index contributed by atoms with van der Waals surface area (Å²) in [5, 5.41) is 9.67. The maximum Gasteiger partial charge on any atom is 0.308 e. The quantitative estimate of drug-likeness (QED) is 0.930. The molecular formula is C16H20ClNO3. The Morgan fingerprint density at radius 1 is 1.38 bits per heavy atom. The predicted molar refractivity (Wildman–Crippen MR) is 81.4 cm³/mol. The summed E-state index contributed by atoms with van der Waals surface area (Å²) >= 11 is 6.02. The van der Waals surface area contributed by atoms with Gasteiger partial charge in [-0.3, -0.25) is 9.59 Å². The van der Waals surface area contributed by atoms with Crippen molar-refractivity contribution in [2.24, 2.45) is 11.8 Å². The molecule has 1 N–H and O–H groups in total. The highest BCUT2D eigenvalue weighted by Crippen LogP contribution is 2.30. The number of aliphatic carboxylic acids is 1. The number of carbonyl (C=O) groups excluding carboxylic acids is 1. The first-order valence-electron chi connectivity index (χ1n) is 7.17. The third-order valence-electron chi connectivity index (χ3n) is 3.99. The third-order valence-corrected chi connectivity index (χ3v) is 4.22. The second-order valence-corrected chi connectivity index (χ2v) is 6.32. The van der Waals surface area contributed by atoms with Gasteiger partial charge in [0.15, 0.2) is 0 Å². The van der Waals surface area contributed by atoms with Crippen LogP contribution in [0.5, 0.6) is 0 Å². The van der Waals surface area contributed by atoms with E-state index in [-0.39, 0.29) is 17.7 Å². The molecule has 0 radical (unpaired) electrons. The van der Waals surface area contributed by atoms with Gasteiger partial charge in [-0.2, -0.15) is 0 Å². The summed E-state index contributed by atoms with van der Waals surface area (Å²) in [6, 6.07) is 7.33. The molecule has 5 heteroatoms. The second kappa shape index (κ2) is 6.48. The van der Waals surface area contributed by atoms with Crippen LogP contribution in [0.25, 0.3) is 0 Å². The average Bonchev–Trinajstić information content (AvgIpc) is 2.88. The van der Waals surface area contributed by atoms with Gasteiger partial charge in [0.05, 0.1) is 11.8 Å². The van der Waals surface area contributed by atoms with Crippen LogP contribution in [0.3, 0.4) is 0 Å². The molecule has 1 aromatic carbocycles. The van der Waals surface area contributed by atoms with Crippen molar-refractivity contribution in [2.45, 2.75) is 26.2 Å². The maximum atomic E-state index is 12.8. The smallest absolute Gasteiger partial charge is 0.308 e. The summed E-state index contributed by atoms with van der Waals surface area (Å²) in [6.07, 6.45) is 0.529. The summed E-state index contributed by atoms with van der Waals surface area (Å²) in [7, 11) is 0. The summed E-state index contributed by atoms with van der Waals surface area (Å²) in [5.41, 5.74) is 0.890. The van der Waals surface area contributed by atoms with Gasteiger partial charge in [-0.05, 0) is 30.0 Å². The molecule has 2 rings (SSSR count). The highest BCUT2D eigenvalue weighted by atomic mass is 35.5. The molecule has 1 aromatic rings. The third kappa shape index (κ3) is 3.56. The average molecular weight is 310 g/mol. The molecule has 1 aliphatic rings. The zero-order valence-electron chi connectivity index (χ0n) is 12.3. The Bertz CT molecular complexity index is 544. The minimum atomic E-state index is -0.825. The number of carboxylic acids is 1. The Kier molecular flexibility index (Phi) is 4.88. The monoisotopic (exact) mass is 309 g/mol. The number of carbonyl (C=O) groups is 2. The van der Waals surface area contributed by atoms with Crippen LogP contribution < -0.4 is 0 Å². The summed E-state index contributed by atoms with van der Waals surface area (Å²) in [5.74, 6) is -1.43. The molecule has 0 bridgehead atoms. The number of benzene rings is 1. The zero-order valence-corrected chi connectivity index (χ0v) is 13.0. The number of amides is 1. The number of nitrogens with zero attached hydrogens (tertiary/aromatic N) is 1. The molecule has 2 unspecified atom stereocenters. The molecule has 1 amide bonds. The van der Waals surface area contributed by atoms with Crippen molar-refractivity contribution < 1.29 is 14.7 Å². The number of rotatable bonds is 4. The van der Waals surface area contributed by atoms with Gasteiger partial charge in [-0.1, -0.05) is 37.6 Å². The van der Waals surface area contributed by atoms with Crippen molar-refractivity contribution in [2.75, 3.05) is 13.1 Å². The van der Waals surface area contributed by atoms with Crippen molar-refractivity contribution in [3.63, 3.8) is 0 Å². The van der Waals surface area contributed by atoms with E-state index in [4.69, 9.17) is 16.7 Å². The fraction of sp³-hybridized carbons (Fsp3) is 0.500. The van der Waals surface area contributed by atoms with Crippen molar-refractivity contribution >= 4 is 23.5 Å². The van der Waals surface area contributed by atoms with Crippen LogP contribution >= 0.6 is 11.6 Å². The molecule has 1 saturated heterocycles. The Balaban J connectivity index is 2.19. The van der Waals surface area contributed by atoms with E-state index in [2.05, 4.69) is 0 Å². The Morgan fingerprint density at radius 2 is 2.10 bits per heavy atom. The van der Waals surface area contributed by atoms with Crippen LogP contribution in [0.15, 0.2) is 24.3 Å². The van der Waals surface area contributed by atoms with Crippen molar-refractivity contribution in [3.05, 3.63) is 34.9 Å². The van der Waals surface area contributed by atoms with Gasteiger partial charge in [0, 0.05) is 18.1 Å². The van der Waals surface area contributed by atoms with Crippen LogP contribution in [0.4, 0.5) is 0 Å². The molecule has 0 aliphatic carbocycles. The van der Waals surface area contributed by atoms with Gasteiger partial charge in [0.25, 0.3) is 0 Å². The van der Waals surface area contributed by atoms with E-state index in [9.17, 15) is 9.59 Å². The van der Waals surface area contributed by atoms with E-state index >= 15 is 0 Å². The molecule has 4 nitrogen and oxygen atoms in total. The molecule has 2 atom stereocenters. The lowest BCUT2D eigenvalue weighted by molar-refractivity contribution is -0.141. The summed E-state index contributed by atoms with van der Waals surface area (Å²) in [4.78, 5) is 25.5. The predicted octanol–water partition coefficient (Wildman–Crippen LogP) is 3.01. The number of halogens is 1. The minimum Gasteiger partial charge on any atom is -0.481 e. The fourth-order valence-corrected chi connectivity index (χ4v) is 3.07. The first-order chi connectivity index (χ1) is 9.90. The number of carboxylic acid groups (broad SMARTS) is 1. The number of likely N-dealkylation sites (tertiary alicyclic amines) is 1. The molecule has 1 aliphatic heterocycles. The van der Waals surface area contributed by atoms with Crippen molar-refractivity contribution in [1.82, 2.24) is 4.90 Å². The standard InChI is InChI=1S/C16H20ClNO3/c1-10(2)14(11-4-3-5-13(17)8-11)15(19)18-7-6-12(9-18)16(20)21/h3-5,8,10,12,14H,6-7,9H2,1-2H3,(H,20,21). The normalized spacial score (nSPS) is 19.8. The highest BCUT2D eigenvalue weighted by molar-refractivity contribution is 6.30. The van der Waals surface area contributed by atoms with Crippen molar-refractivity contribution in [1.29, 1.82) is 0 Å². The molecular weight excluding hydrogens is 290 g/mol. The molecule has 0 aromatic heterocycles. The highest BCUT2D eigenvalue weighted by Gasteiger charge is 2.35. The lowest BCUT2D eigenvalue weighted by atomic mass is 9.87. The van der Waals surface area contributed by atoms with Crippen LogP contribution in [-0.2, 0) is 9.59 Å². The molecule has 21 heavy (non-hydrogen) atoms. The van der Waals surface area contributed by atoms with Crippen LogP contribution in [0.1, 0.15) is 31.7 Å². The van der Waals surface area contributed by atoms with Crippen LogP contribution in [0, 0.1) is 11.8 Å². The van der Waals surface area contributed by atoms with Crippen LogP contribution in [-0.4, -0.2) is 35.0 Å². The van der Waals surface area contributed by atoms with Gasteiger partial charge >= 0.3 is 5.97 Å². The van der Waals surface area contributed by atoms with Gasteiger partial charge < -0.3 is 10.0 Å². The first-order valence-corrected chi connectivity index (χ1v) is 7.55. The van der Waals surface area contributed by atoms with E-state index in [1.54, 1.807) is 11.0 Å². The first kappa shape index (κ1) is 15.8. The Labute approximate surface area is 129 Å². The van der Waals surface area contributed by atoms with Crippen LogP contribution in [0.2, 0.25) is 5.02 Å². The second-order valence-electron chi connectivity index (χ2n) is 5.88. The molecule has 1 fully saturated rings. The Hall–Kier alpha value is -1.55. The molecule has 0 spiro atoms. The van der Waals surface area contributed by atoms with E-state index in [0.29, 0.717) is 24.5 Å². The van der Waals surface area contributed by atoms with Gasteiger partial charge in [-0.25, -0.2) is 0 Å². The van der Waals surface area contributed by atoms with E-state index < -0.39 is 11.9 Å². The molecule has 1 heterocycles. The summed E-state index contributed by atoms with van der Waals surface area (Å²) in [6.45, 7) is 4.81. The molecule has 114 valence electrons. The summed E-state index contributed by atoms with van der Waals surface area (Å²) < 4.78 is 0. The number of hydrogen-bond donors (Lipinski definition) is 1. The van der Waals surface area contributed by atoms with E-state index in [1.807, 2.05) is 32.0 Å². The fourth-order valence-electron chi connectivity index (χ4n) is 2.87. The van der Waals surface area contributed by atoms with Gasteiger partial charge in [0.2, 0.25) is 5.91 Å². The zero-order chi connectivity index (χ0) is 15.6. The van der Waals surface area contributed by atoms with Gasteiger partial charge in [-0.15, -0.1) is 0 Å². The largest absolute Gasteiger partial charge is 0.481 e. The van der Waals surface area contributed by atoms with E-state index in [0.717, 1.165) is 5.56 Å². The SMILES string of the molecule is CC(C)C(C(=O)N1CCC(C(=O)O)C1)c1cccc(Cl)c1. The molecule has 0 saturated carbocycles. The van der Waals surface area contributed by atoms with Gasteiger partial charge in [0.1, 0.15) is 0 Å². The van der Waals surface area contributed by atoms with Crippen molar-refractivity contribution in [3.8, 4) is 0 Å². The number of hydrogen-bond acceptors (Lipinski definition) is 2. The lowest BCUT2D eigenvalue weighted by Gasteiger charge is -2.26. The minimum absolute atomic E-state index is 0.00369.